The molecular formula is C34H41N7O8. The molecule has 0 spiro atoms. The van der Waals surface area contributed by atoms with Crippen LogP contribution < -0.4 is 0 Å². The molecule has 2 unspecified atom stereocenters. The molecule has 1 N–H and O–H groups in total. The summed E-state index contributed by atoms with van der Waals surface area (Å²) >= 11 is 0. The number of methoxy groups -OCH3 is 1. The van der Waals surface area contributed by atoms with Gasteiger partial charge in [0.1, 0.15) is 5.92 Å². The van der Waals surface area contributed by atoms with Crippen molar-refractivity contribution in [1.29, 1.82) is 0 Å². The smallest absolute Gasteiger partial charge is 0.316 e. The fraction of sp³-hybridized carbons (Fsp3) is 0.471. The molecule has 0 bridgehead atoms. The molecule has 2 heterocycles. The number of amides is 1. The van der Waals surface area contributed by atoms with E-state index >= 15 is 0 Å². The predicted octanol–water partition coefficient (Wildman–Crippen LogP) is 4.84. The lowest BCUT2D eigenvalue weighted by Gasteiger charge is -2.40. The second kappa shape index (κ2) is 17.3. The Labute approximate surface area is 284 Å². The molecule has 2 atom stereocenters. The van der Waals surface area contributed by atoms with E-state index in [2.05, 4.69) is 19.9 Å². The van der Waals surface area contributed by atoms with Crippen molar-refractivity contribution in [2.75, 3.05) is 53.0 Å². The Morgan fingerprint density at radius 1 is 1.20 bits per heavy atom. The number of allylic oxidation sites excluding steroid dienone is 1. The fourth-order valence-corrected chi connectivity index (χ4v) is 6.75. The Bertz CT molecular complexity index is 1600. The first-order valence-corrected chi connectivity index (χ1v) is 16.1. The number of hydrogen-bond acceptors (Lipinski definition) is 10. The summed E-state index contributed by atoms with van der Waals surface area (Å²) in [7, 11) is 1.40. The molecule has 15 nitrogen and oxygen atoms in total. The minimum absolute atomic E-state index is 0.0712. The van der Waals surface area contributed by atoms with E-state index in [-0.39, 0.29) is 38.0 Å². The summed E-state index contributed by atoms with van der Waals surface area (Å²) in [5.74, 6) is -3.44. The van der Waals surface area contributed by atoms with Crippen molar-refractivity contribution < 1.29 is 33.9 Å². The topological polar surface area (TPSA) is 201 Å². The average Bonchev–Trinajstić information content (AvgIpc) is 3.13. The molecule has 0 saturated carbocycles. The molecule has 1 amide bonds. The number of nitro benzene ring substituents is 1. The van der Waals surface area contributed by atoms with Crippen LogP contribution in [0.3, 0.4) is 0 Å². The first-order chi connectivity index (χ1) is 23.7. The minimum Gasteiger partial charge on any atom is -0.481 e. The third-order valence-corrected chi connectivity index (χ3v) is 9.21. The van der Waals surface area contributed by atoms with Gasteiger partial charge in [-0.05, 0) is 62.0 Å². The molecule has 260 valence electrons. The van der Waals surface area contributed by atoms with E-state index in [9.17, 15) is 29.6 Å². The maximum Gasteiger partial charge on any atom is 0.316 e. The van der Waals surface area contributed by atoms with Gasteiger partial charge in [0.25, 0.3) is 5.69 Å². The number of carbonyl (C=O) groups excluding carboxylic acids is 2. The number of rotatable bonds is 17. The van der Waals surface area contributed by atoms with Crippen LogP contribution in [-0.2, 0) is 29.3 Å². The molecule has 1 fully saturated rings. The van der Waals surface area contributed by atoms with Crippen LogP contribution in [-0.4, -0.2) is 96.9 Å². The summed E-state index contributed by atoms with van der Waals surface area (Å²) in [4.78, 5) is 60.5. The van der Waals surface area contributed by atoms with E-state index in [1.54, 1.807) is 6.92 Å². The Hall–Kier alpha value is -5.11. The first kappa shape index (κ1) is 36.7. The maximum atomic E-state index is 13.0. The number of piperidine rings is 1. The maximum absolute atomic E-state index is 13.0. The van der Waals surface area contributed by atoms with Gasteiger partial charge in [0.2, 0.25) is 6.41 Å². The minimum atomic E-state index is -1.14. The zero-order valence-corrected chi connectivity index (χ0v) is 27.6. The van der Waals surface area contributed by atoms with E-state index in [4.69, 9.17) is 15.0 Å². The van der Waals surface area contributed by atoms with Gasteiger partial charge in [-0.2, -0.15) is 0 Å². The molecule has 49 heavy (non-hydrogen) atoms. The number of azide groups is 1. The molecule has 2 aromatic rings. The Morgan fingerprint density at radius 3 is 2.47 bits per heavy atom. The second-order valence-electron chi connectivity index (χ2n) is 11.9. The van der Waals surface area contributed by atoms with Crippen molar-refractivity contribution in [2.24, 2.45) is 16.0 Å². The van der Waals surface area contributed by atoms with Crippen LogP contribution in [0.15, 0.2) is 76.1 Å². The van der Waals surface area contributed by atoms with Gasteiger partial charge in [-0.3, -0.25) is 29.5 Å². The number of carbonyl (C=O) groups is 3. The molecule has 0 radical (unpaired) electrons. The molecule has 1 saturated heterocycles. The van der Waals surface area contributed by atoms with Gasteiger partial charge in [0.05, 0.1) is 42.1 Å². The molecule has 4 rings (SSSR count). The number of nitrogens with zero attached hydrogens (tertiary/aromatic N) is 7. The zero-order valence-electron chi connectivity index (χ0n) is 27.6. The number of nitro groups is 1. The largest absolute Gasteiger partial charge is 0.481 e. The fourth-order valence-electron chi connectivity index (χ4n) is 6.75. The summed E-state index contributed by atoms with van der Waals surface area (Å²) in [6.07, 6.45) is 2.62. The van der Waals surface area contributed by atoms with Crippen LogP contribution in [0.4, 0.5) is 5.69 Å². The highest BCUT2D eigenvalue weighted by Gasteiger charge is 2.44. The predicted molar refractivity (Wildman–Crippen MR) is 180 cm³/mol. The number of non-ortho nitro benzene ring substituents is 1. The Balaban J connectivity index is 1.60. The summed E-state index contributed by atoms with van der Waals surface area (Å²) in [6, 6.07) is 15.3. The lowest BCUT2D eigenvalue weighted by Crippen LogP contribution is -2.48. The van der Waals surface area contributed by atoms with Crippen LogP contribution in [0.1, 0.15) is 49.7 Å². The van der Waals surface area contributed by atoms with Crippen molar-refractivity contribution in [1.82, 2.24) is 9.80 Å². The number of aliphatic carboxylic acids is 1. The summed E-state index contributed by atoms with van der Waals surface area (Å²) in [6.45, 7) is 3.96. The third kappa shape index (κ3) is 8.49. The Kier molecular flexibility index (Phi) is 13.0. The lowest BCUT2D eigenvalue weighted by molar-refractivity contribution is -0.384. The molecule has 0 aromatic heterocycles. The standard InChI is InChI=1S/C34H41N7O8/c1-3-27-30(32(43)44)29(24-10-12-26(13-11-24)41(46)47)31(28(37-27)22-49-21-16-36-38-35)40(23-42)18-7-17-39-19-14-34(15-20-39,33(45)48-2)25-8-5-4-6-9-25/h4-6,8-13,23,29-30H,3,7,14-22H2,1-2H3,(H,43,44). The van der Waals surface area contributed by atoms with Gasteiger partial charge in [-0.1, -0.05) is 54.5 Å². The van der Waals surface area contributed by atoms with Crippen LogP contribution in [0.2, 0.25) is 0 Å². The molecule has 2 aliphatic heterocycles. The quantitative estimate of drug-likeness (QED) is 0.0356. The lowest BCUT2D eigenvalue weighted by atomic mass is 9.72. The average molecular weight is 676 g/mol. The van der Waals surface area contributed by atoms with Crippen LogP contribution in [0, 0.1) is 16.0 Å². The van der Waals surface area contributed by atoms with Gasteiger partial charge in [-0.15, -0.1) is 0 Å². The van der Waals surface area contributed by atoms with E-state index in [0.29, 0.717) is 74.4 Å². The second-order valence-corrected chi connectivity index (χ2v) is 11.9. The highest BCUT2D eigenvalue weighted by molar-refractivity contribution is 6.04. The molecule has 2 aromatic carbocycles. The number of esters is 1. The van der Waals surface area contributed by atoms with Gasteiger partial charge < -0.3 is 24.4 Å². The van der Waals surface area contributed by atoms with Crippen LogP contribution in [0.25, 0.3) is 10.4 Å². The van der Waals surface area contributed by atoms with Gasteiger partial charge in [-0.25, -0.2) is 0 Å². The molecular weight excluding hydrogens is 634 g/mol. The van der Waals surface area contributed by atoms with Crippen molar-refractivity contribution in [3.05, 3.63) is 97.7 Å². The summed E-state index contributed by atoms with van der Waals surface area (Å²) < 4.78 is 11.0. The monoisotopic (exact) mass is 675 g/mol. The highest BCUT2D eigenvalue weighted by atomic mass is 16.6. The number of carboxylic acids is 1. The SMILES string of the molecule is CCC1=NC(COCCN=[N+]=[N-])=C(N(C=O)CCCN2CCC(C(=O)OC)(c3ccccc3)CC2)C(c2ccc([N+](=O)[O-])cc2)C1C(=O)O. The highest BCUT2D eigenvalue weighted by Crippen LogP contribution is 2.42. The normalized spacial score (nSPS) is 18.9. The number of aliphatic imine (C=N–C) groups is 1. The van der Waals surface area contributed by atoms with Crippen molar-refractivity contribution in [2.45, 2.75) is 43.9 Å². The summed E-state index contributed by atoms with van der Waals surface area (Å²) in [5, 5.41) is 25.3. The van der Waals surface area contributed by atoms with E-state index in [1.807, 2.05) is 30.3 Å². The van der Waals surface area contributed by atoms with Gasteiger partial charge in [0.15, 0.2) is 0 Å². The van der Waals surface area contributed by atoms with Gasteiger partial charge in [0, 0.05) is 41.8 Å². The number of ether oxygens (including phenoxy) is 2. The number of hydrogen-bond donors (Lipinski definition) is 1. The molecule has 15 heteroatoms. The molecule has 0 aliphatic carbocycles. The number of carboxylic acid groups (broad SMARTS) is 1. The Morgan fingerprint density at radius 2 is 1.90 bits per heavy atom. The van der Waals surface area contributed by atoms with Crippen molar-refractivity contribution in [3.63, 3.8) is 0 Å². The number of benzene rings is 2. The van der Waals surface area contributed by atoms with E-state index < -0.39 is 28.1 Å². The van der Waals surface area contributed by atoms with Crippen LogP contribution in [0.5, 0.6) is 0 Å². The third-order valence-electron chi connectivity index (χ3n) is 9.21. The summed E-state index contributed by atoms with van der Waals surface area (Å²) in [5.41, 5.74) is 10.2. The first-order valence-electron chi connectivity index (χ1n) is 16.1. The van der Waals surface area contributed by atoms with Crippen molar-refractivity contribution in [3.8, 4) is 0 Å². The zero-order chi connectivity index (χ0) is 35.4. The van der Waals surface area contributed by atoms with Gasteiger partial charge >= 0.3 is 11.9 Å². The number of likely N-dealkylation sites (tertiary alicyclic amines) is 1. The van der Waals surface area contributed by atoms with E-state index in [1.165, 1.54) is 36.3 Å². The van der Waals surface area contributed by atoms with E-state index in [0.717, 1.165) is 5.56 Å². The molecule has 2 aliphatic rings. The van der Waals surface area contributed by atoms with Crippen molar-refractivity contribution >= 4 is 29.7 Å². The van der Waals surface area contributed by atoms with Crippen LogP contribution >= 0.6 is 0 Å².